The van der Waals surface area contributed by atoms with Crippen LogP contribution < -0.4 is 5.32 Å². The molecule has 1 aliphatic heterocycles. The van der Waals surface area contributed by atoms with Crippen LogP contribution in [-0.2, 0) is 14.3 Å². The number of hydrogen-bond acceptors (Lipinski definition) is 7. The number of aromatic nitrogens is 3. The van der Waals surface area contributed by atoms with E-state index in [1.54, 1.807) is 11.3 Å². The molecule has 2 aromatic heterocycles. The first-order valence-corrected chi connectivity index (χ1v) is 12.9. The summed E-state index contributed by atoms with van der Waals surface area (Å²) in [6.07, 6.45) is 0.0541. The van der Waals surface area contributed by atoms with Gasteiger partial charge in [-0.2, -0.15) is 0 Å². The first kappa shape index (κ1) is 26.3. The number of carbonyl (C=O) groups excluding carboxylic acids is 2. The van der Waals surface area contributed by atoms with Gasteiger partial charge in [0.2, 0.25) is 5.91 Å². The van der Waals surface area contributed by atoms with Crippen molar-refractivity contribution in [2.45, 2.75) is 66.5 Å². The SMILES string of the molecule is CC(=O)NCC#Cc1ccc(C2=NC(CC(=O)OC(C)(C)C)c3nnc(C)n3-c3sc(C)c(C)c32)cc1. The van der Waals surface area contributed by atoms with Gasteiger partial charge in [0, 0.05) is 28.5 Å². The first-order valence-electron chi connectivity index (χ1n) is 12.1. The number of esters is 1. The van der Waals surface area contributed by atoms with Gasteiger partial charge in [-0.3, -0.25) is 19.1 Å². The van der Waals surface area contributed by atoms with E-state index in [1.165, 1.54) is 11.8 Å². The van der Waals surface area contributed by atoms with Crippen LogP contribution in [0.1, 0.15) is 78.9 Å². The second-order valence-corrected chi connectivity index (χ2v) is 11.2. The van der Waals surface area contributed by atoms with Crippen molar-refractivity contribution in [2.24, 2.45) is 4.99 Å². The summed E-state index contributed by atoms with van der Waals surface area (Å²) in [5.74, 6) is 6.94. The van der Waals surface area contributed by atoms with Crippen LogP contribution in [-0.4, -0.2) is 44.5 Å². The molecule has 8 nitrogen and oxygen atoms in total. The molecule has 0 radical (unpaired) electrons. The number of aliphatic imine (C=N–C) groups is 1. The summed E-state index contributed by atoms with van der Waals surface area (Å²) in [7, 11) is 0. The molecule has 1 unspecified atom stereocenters. The highest BCUT2D eigenvalue weighted by Gasteiger charge is 2.33. The van der Waals surface area contributed by atoms with Gasteiger partial charge in [0.05, 0.1) is 18.7 Å². The number of carbonyl (C=O) groups is 2. The van der Waals surface area contributed by atoms with E-state index in [0.717, 1.165) is 38.8 Å². The average molecular weight is 518 g/mol. The lowest BCUT2D eigenvalue weighted by atomic mass is 9.98. The summed E-state index contributed by atoms with van der Waals surface area (Å²) in [6, 6.07) is 7.29. The summed E-state index contributed by atoms with van der Waals surface area (Å²) in [4.78, 5) is 30.2. The molecule has 0 aliphatic carbocycles. The van der Waals surface area contributed by atoms with Gasteiger partial charge in [0.15, 0.2) is 5.82 Å². The van der Waals surface area contributed by atoms with Crippen molar-refractivity contribution < 1.29 is 14.3 Å². The average Bonchev–Trinajstić information content (AvgIpc) is 3.28. The van der Waals surface area contributed by atoms with Crippen molar-refractivity contribution in [3.05, 3.63) is 63.0 Å². The fraction of sp³-hybridized carbons (Fsp3) is 0.393. The van der Waals surface area contributed by atoms with E-state index in [0.29, 0.717) is 12.4 Å². The third-order valence-electron chi connectivity index (χ3n) is 5.84. The Balaban J connectivity index is 1.79. The minimum Gasteiger partial charge on any atom is -0.460 e. The third-order valence-corrected chi connectivity index (χ3v) is 7.03. The van der Waals surface area contributed by atoms with Gasteiger partial charge in [-0.15, -0.1) is 21.5 Å². The Hall–Kier alpha value is -3.77. The molecular formula is C28H31N5O3S. The van der Waals surface area contributed by atoms with Crippen molar-refractivity contribution in [3.63, 3.8) is 0 Å². The zero-order chi connectivity index (χ0) is 26.9. The van der Waals surface area contributed by atoms with Crippen LogP contribution in [0, 0.1) is 32.6 Å². The van der Waals surface area contributed by atoms with Gasteiger partial charge in [-0.05, 0) is 59.2 Å². The number of nitrogens with zero attached hydrogens (tertiary/aromatic N) is 4. The highest BCUT2D eigenvalue weighted by atomic mass is 32.1. The molecule has 0 fully saturated rings. The third kappa shape index (κ3) is 5.81. The normalized spacial score (nSPS) is 14.5. The van der Waals surface area contributed by atoms with E-state index in [4.69, 9.17) is 9.73 Å². The van der Waals surface area contributed by atoms with Crippen LogP contribution in [0.2, 0.25) is 0 Å². The maximum Gasteiger partial charge on any atom is 0.308 e. The molecule has 0 saturated carbocycles. The Morgan fingerprint density at radius 3 is 2.49 bits per heavy atom. The van der Waals surface area contributed by atoms with Crippen LogP contribution in [0.25, 0.3) is 5.00 Å². The van der Waals surface area contributed by atoms with E-state index < -0.39 is 11.6 Å². The molecule has 9 heteroatoms. The molecule has 1 aromatic carbocycles. The van der Waals surface area contributed by atoms with E-state index in [2.05, 4.69) is 41.2 Å². The van der Waals surface area contributed by atoms with Crippen LogP contribution in [0.5, 0.6) is 0 Å². The molecule has 1 atom stereocenters. The highest BCUT2D eigenvalue weighted by Crippen LogP contribution is 2.39. The Bertz CT molecular complexity index is 1450. The molecule has 3 aromatic rings. The summed E-state index contributed by atoms with van der Waals surface area (Å²) < 4.78 is 7.64. The number of ether oxygens (including phenoxy) is 1. The first-order chi connectivity index (χ1) is 17.4. The maximum atomic E-state index is 12.9. The van der Waals surface area contributed by atoms with Crippen LogP contribution >= 0.6 is 11.3 Å². The van der Waals surface area contributed by atoms with Crippen molar-refractivity contribution in [3.8, 4) is 16.8 Å². The zero-order valence-electron chi connectivity index (χ0n) is 22.2. The van der Waals surface area contributed by atoms with Gasteiger partial charge in [-0.1, -0.05) is 24.0 Å². The van der Waals surface area contributed by atoms with E-state index >= 15 is 0 Å². The van der Waals surface area contributed by atoms with Crippen LogP contribution in [0.15, 0.2) is 29.3 Å². The molecule has 37 heavy (non-hydrogen) atoms. The number of fused-ring (bicyclic) bond motifs is 3. The summed E-state index contributed by atoms with van der Waals surface area (Å²) >= 11 is 1.67. The van der Waals surface area contributed by atoms with E-state index in [1.807, 2.05) is 56.5 Å². The fourth-order valence-corrected chi connectivity index (χ4v) is 5.31. The molecule has 3 heterocycles. The number of thiophene rings is 1. The Kier molecular flexibility index (Phi) is 7.32. The molecular weight excluding hydrogens is 486 g/mol. The number of hydrogen-bond donors (Lipinski definition) is 1. The monoisotopic (exact) mass is 517 g/mol. The quantitative estimate of drug-likeness (QED) is 0.409. The second-order valence-electron chi connectivity index (χ2n) is 9.98. The maximum absolute atomic E-state index is 12.9. The van der Waals surface area contributed by atoms with Gasteiger partial charge < -0.3 is 10.1 Å². The lowest BCUT2D eigenvalue weighted by Gasteiger charge is -2.21. The minimum atomic E-state index is -0.596. The summed E-state index contributed by atoms with van der Waals surface area (Å²) in [5.41, 5.74) is 4.10. The Morgan fingerprint density at radius 1 is 1.14 bits per heavy atom. The molecule has 1 aliphatic rings. The molecule has 1 amide bonds. The number of aryl methyl sites for hydroxylation is 2. The summed E-state index contributed by atoms with van der Waals surface area (Å²) in [5, 5.41) is 12.4. The number of nitrogens with one attached hydrogen (secondary N) is 1. The number of rotatable bonds is 4. The predicted octanol–water partition coefficient (Wildman–Crippen LogP) is 4.37. The van der Waals surface area contributed by atoms with E-state index in [9.17, 15) is 9.59 Å². The van der Waals surface area contributed by atoms with Gasteiger partial charge in [-0.25, -0.2) is 0 Å². The van der Waals surface area contributed by atoms with Crippen molar-refractivity contribution in [1.29, 1.82) is 0 Å². The van der Waals surface area contributed by atoms with Crippen molar-refractivity contribution in [1.82, 2.24) is 20.1 Å². The molecule has 1 N–H and O–H groups in total. The number of amides is 1. The minimum absolute atomic E-state index is 0.0541. The van der Waals surface area contributed by atoms with Crippen LogP contribution in [0.3, 0.4) is 0 Å². The van der Waals surface area contributed by atoms with Crippen molar-refractivity contribution >= 4 is 28.9 Å². The van der Waals surface area contributed by atoms with Crippen LogP contribution in [0.4, 0.5) is 0 Å². The topological polar surface area (TPSA) is 98.5 Å². The Morgan fingerprint density at radius 2 is 1.84 bits per heavy atom. The van der Waals surface area contributed by atoms with Gasteiger partial charge in [0.1, 0.15) is 22.5 Å². The smallest absolute Gasteiger partial charge is 0.308 e. The predicted molar refractivity (Wildman–Crippen MR) is 144 cm³/mol. The highest BCUT2D eigenvalue weighted by molar-refractivity contribution is 7.15. The van der Waals surface area contributed by atoms with Crippen molar-refractivity contribution in [2.75, 3.05) is 6.54 Å². The fourth-order valence-electron chi connectivity index (χ4n) is 4.09. The molecule has 0 saturated heterocycles. The molecule has 0 bridgehead atoms. The molecule has 0 spiro atoms. The van der Waals surface area contributed by atoms with Gasteiger partial charge >= 0.3 is 5.97 Å². The second kappa shape index (κ2) is 10.3. The molecule has 4 rings (SSSR count). The Labute approximate surface area is 221 Å². The lowest BCUT2D eigenvalue weighted by Crippen LogP contribution is -2.25. The zero-order valence-corrected chi connectivity index (χ0v) is 23.0. The summed E-state index contributed by atoms with van der Waals surface area (Å²) in [6.45, 7) is 13.4. The molecule has 192 valence electrons. The lowest BCUT2D eigenvalue weighted by molar-refractivity contribution is -0.155. The van der Waals surface area contributed by atoms with E-state index in [-0.39, 0.29) is 18.3 Å². The number of benzene rings is 1. The standard InChI is InChI=1S/C28H31N5O3S/c1-16-17(2)37-27-24(16)25(21-12-10-20(11-13-21)9-8-14-29-19(4)34)30-22(15-23(35)36-28(5,6)7)26-32-31-18(3)33(26)27/h10-13,22H,14-15H2,1-7H3,(H,29,34). The van der Waals surface area contributed by atoms with Gasteiger partial charge in [0.25, 0.3) is 0 Å². The largest absolute Gasteiger partial charge is 0.460 e.